The predicted octanol–water partition coefficient (Wildman–Crippen LogP) is 4.19. The lowest BCUT2D eigenvalue weighted by Gasteiger charge is -2.30. The van der Waals surface area contributed by atoms with Gasteiger partial charge in [0, 0.05) is 23.7 Å². The lowest BCUT2D eigenvalue weighted by Crippen LogP contribution is -2.31. The minimum atomic E-state index is -2.99. The third kappa shape index (κ3) is 3.88. The lowest BCUT2D eigenvalue weighted by molar-refractivity contribution is -0.0211. The number of nitrogens with one attached hydrogen (secondary N) is 2. The first-order valence-corrected chi connectivity index (χ1v) is 9.80. The van der Waals surface area contributed by atoms with E-state index in [2.05, 4.69) is 20.1 Å². The summed E-state index contributed by atoms with van der Waals surface area (Å²) in [6.07, 6.45) is 0.603. The molecule has 1 unspecified atom stereocenters. The summed E-state index contributed by atoms with van der Waals surface area (Å²) in [5.74, 6) is -2.44. The molecule has 3 N–H and O–H groups in total. The summed E-state index contributed by atoms with van der Waals surface area (Å²) in [6.45, 7) is 4.33. The zero-order valence-corrected chi connectivity index (χ0v) is 17.3. The molecule has 3 aromatic heterocycles. The van der Waals surface area contributed by atoms with Gasteiger partial charge < -0.3 is 19.6 Å². The predicted molar refractivity (Wildman–Crippen MR) is 111 cm³/mol. The SMILES string of the molecule is Cc1noc(C)c1-c1cc(C(O)(CCC(C)(F)F)c2ccccn2)c2[nH]c(=O)[nH]c2c1. The van der Waals surface area contributed by atoms with Gasteiger partial charge in [-0.3, -0.25) is 4.98 Å². The fraction of sp³-hybridized carbons (Fsp3) is 0.318. The van der Waals surface area contributed by atoms with Crippen LogP contribution in [0, 0.1) is 13.8 Å². The van der Waals surface area contributed by atoms with E-state index in [-0.39, 0.29) is 17.7 Å². The van der Waals surface area contributed by atoms with Crippen molar-refractivity contribution in [3.8, 4) is 11.1 Å². The Hall–Kier alpha value is -3.33. The molecular weight excluding hydrogens is 406 g/mol. The number of aromatic amines is 2. The van der Waals surface area contributed by atoms with E-state index >= 15 is 0 Å². The Bertz CT molecular complexity index is 1270. The highest BCUT2D eigenvalue weighted by Crippen LogP contribution is 2.41. The molecule has 0 aliphatic rings. The summed E-state index contributed by atoms with van der Waals surface area (Å²) in [7, 11) is 0. The monoisotopic (exact) mass is 428 g/mol. The van der Waals surface area contributed by atoms with Crippen molar-refractivity contribution in [1.82, 2.24) is 20.1 Å². The van der Waals surface area contributed by atoms with Crippen LogP contribution in [0.5, 0.6) is 0 Å². The summed E-state index contributed by atoms with van der Waals surface area (Å²) in [5.41, 5.74) is 0.835. The van der Waals surface area contributed by atoms with Crippen LogP contribution in [0.4, 0.5) is 8.78 Å². The molecule has 1 aromatic carbocycles. The molecule has 0 radical (unpaired) electrons. The molecule has 9 heteroatoms. The molecule has 0 fully saturated rings. The standard InChI is InChI=1S/C22H22F2N4O3/c1-12-18(13(2)31-28-12)14-10-15(19-16(11-14)26-20(29)27-19)22(30,8-7-21(3,23)24)17-6-4-5-9-25-17/h4-6,9-11,30H,7-8H2,1-3H3,(H2,26,27,29). The minimum absolute atomic E-state index is 0.207. The second-order valence-corrected chi connectivity index (χ2v) is 7.87. The van der Waals surface area contributed by atoms with Crippen LogP contribution >= 0.6 is 0 Å². The zero-order chi connectivity index (χ0) is 22.4. The maximum atomic E-state index is 13.8. The Morgan fingerprint density at radius 3 is 2.55 bits per heavy atom. The fourth-order valence-corrected chi connectivity index (χ4v) is 3.92. The van der Waals surface area contributed by atoms with E-state index in [0.29, 0.717) is 33.6 Å². The first-order chi connectivity index (χ1) is 14.6. The maximum Gasteiger partial charge on any atom is 0.323 e. The van der Waals surface area contributed by atoms with Gasteiger partial charge >= 0.3 is 5.69 Å². The van der Waals surface area contributed by atoms with Crippen LogP contribution in [0.3, 0.4) is 0 Å². The first-order valence-electron chi connectivity index (χ1n) is 9.80. The summed E-state index contributed by atoms with van der Waals surface area (Å²) < 4.78 is 32.9. The molecule has 3 heterocycles. The van der Waals surface area contributed by atoms with Crippen LogP contribution in [0.25, 0.3) is 22.2 Å². The van der Waals surface area contributed by atoms with Crippen LogP contribution in [0.2, 0.25) is 0 Å². The van der Waals surface area contributed by atoms with Gasteiger partial charge in [0.15, 0.2) is 0 Å². The molecule has 4 aromatic rings. The number of hydrogen-bond acceptors (Lipinski definition) is 5. The van der Waals surface area contributed by atoms with Gasteiger partial charge in [-0.25, -0.2) is 13.6 Å². The number of nitrogens with zero attached hydrogens (tertiary/aromatic N) is 2. The van der Waals surface area contributed by atoms with Gasteiger partial charge in [0.1, 0.15) is 11.4 Å². The Kier molecular flexibility index (Phi) is 5.01. The lowest BCUT2D eigenvalue weighted by atomic mass is 9.82. The third-order valence-electron chi connectivity index (χ3n) is 5.41. The molecule has 0 bridgehead atoms. The normalized spacial score (nSPS) is 14.1. The topological polar surface area (TPSA) is 108 Å². The van der Waals surface area contributed by atoms with Gasteiger partial charge in [-0.2, -0.15) is 0 Å². The van der Waals surface area contributed by atoms with Gasteiger partial charge in [0.2, 0.25) is 5.92 Å². The van der Waals surface area contributed by atoms with E-state index in [1.807, 2.05) is 0 Å². The number of benzene rings is 1. The number of fused-ring (bicyclic) bond motifs is 1. The van der Waals surface area contributed by atoms with Gasteiger partial charge in [-0.05, 0) is 57.0 Å². The van der Waals surface area contributed by atoms with E-state index in [4.69, 9.17) is 4.52 Å². The van der Waals surface area contributed by atoms with Crippen molar-refractivity contribution in [1.29, 1.82) is 0 Å². The van der Waals surface area contributed by atoms with Crippen LogP contribution in [-0.2, 0) is 5.60 Å². The van der Waals surface area contributed by atoms with E-state index in [1.165, 1.54) is 6.20 Å². The van der Waals surface area contributed by atoms with Gasteiger partial charge in [0.05, 0.1) is 22.4 Å². The number of halogens is 2. The van der Waals surface area contributed by atoms with Crippen LogP contribution < -0.4 is 5.69 Å². The highest BCUT2D eigenvalue weighted by molar-refractivity contribution is 5.86. The molecule has 0 spiro atoms. The zero-order valence-electron chi connectivity index (χ0n) is 17.3. The van der Waals surface area contributed by atoms with E-state index in [9.17, 15) is 18.7 Å². The average Bonchev–Trinajstić information content (AvgIpc) is 3.26. The molecule has 0 aliphatic heterocycles. The number of pyridine rings is 1. The van der Waals surface area contributed by atoms with Crippen LogP contribution in [0.1, 0.15) is 42.5 Å². The number of alkyl halides is 2. The smallest absolute Gasteiger partial charge is 0.323 e. The Balaban J connectivity index is 2.01. The summed E-state index contributed by atoms with van der Waals surface area (Å²) >= 11 is 0. The maximum absolute atomic E-state index is 13.8. The highest BCUT2D eigenvalue weighted by Gasteiger charge is 2.38. The number of aryl methyl sites for hydroxylation is 2. The van der Waals surface area contributed by atoms with Crippen LogP contribution in [-0.4, -0.2) is 31.1 Å². The molecule has 0 saturated carbocycles. The van der Waals surface area contributed by atoms with Crippen molar-refractivity contribution in [3.05, 3.63) is 69.7 Å². The average molecular weight is 428 g/mol. The van der Waals surface area contributed by atoms with E-state index < -0.39 is 23.6 Å². The summed E-state index contributed by atoms with van der Waals surface area (Å²) in [6, 6.07) is 8.32. The Morgan fingerprint density at radius 1 is 1.16 bits per heavy atom. The molecule has 31 heavy (non-hydrogen) atoms. The Labute approximate surface area is 176 Å². The molecular formula is C22H22F2N4O3. The first kappa shape index (κ1) is 20.9. The van der Waals surface area contributed by atoms with Crippen molar-refractivity contribution in [2.24, 2.45) is 0 Å². The van der Waals surface area contributed by atoms with Crippen molar-refractivity contribution < 1.29 is 18.4 Å². The second-order valence-electron chi connectivity index (χ2n) is 7.87. The molecule has 162 valence electrons. The quantitative estimate of drug-likeness (QED) is 0.427. The Morgan fingerprint density at radius 2 is 1.94 bits per heavy atom. The molecule has 0 amide bonds. The molecule has 7 nitrogen and oxygen atoms in total. The molecule has 1 atom stereocenters. The fourth-order valence-electron chi connectivity index (χ4n) is 3.92. The molecule has 4 rings (SSSR count). The van der Waals surface area contributed by atoms with Gasteiger partial charge in [-0.15, -0.1) is 0 Å². The number of hydrogen-bond donors (Lipinski definition) is 3. The highest BCUT2D eigenvalue weighted by atomic mass is 19.3. The largest absolute Gasteiger partial charge is 0.379 e. The second kappa shape index (κ2) is 7.42. The number of aliphatic hydroxyl groups is 1. The molecule has 0 saturated heterocycles. The molecule has 0 aliphatic carbocycles. The number of rotatable bonds is 6. The number of H-pyrrole nitrogens is 2. The number of aromatic nitrogens is 4. The van der Waals surface area contributed by atoms with Gasteiger partial charge in [0.25, 0.3) is 0 Å². The van der Waals surface area contributed by atoms with E-state index in [1.54, 1.807) is 44.2 Å². The van der Waals surface area contributed by atoms with Crippen LogP contribution in [0.15, 0.2) is 45.8 Å². The minimum Gasteiger partial charge on any atom is -0.379 e. The van der Waals surface area contributed by atoms with Gasteiger partial charge in [-0.1, -0.05) is 11.2 Å². The summed E-state index contributed by atoms with van der Waals surface area (Å²) in [4.78, 5) is 21.7. The van der Waals surface area contributed by atoms with Crippen molar-refractivity contribution in [2.45, 2.75) is 45.1 Å². The third-order valence-corrected chi connectivity index (χ3v) is 5.41. The van der Waals surface area contributed by atoms with Crippen molar-refractivity contribution in [3.63, 3.8) is 0 Å². The van der Waals surface area contributed by atoms with E-state index in [0.717, 1.165) is 6.92 Å². The summed E-state index contributed by atoms with van der Waals surface area (Å²) in [5, 5.41) is 15.8. The number of imidazole rings is 1. The van der Waals surface area contributed by atoms with Crippen molar-refractivity contribution in [2.75, 3.05) is 0 Å². The van der Waals surface area contributed by atoms with Crippen molar-refractivity contribution >= 4 is 11.0 Å².